The number of amides is 3. The van der Waals surface area contributed by atoms with Gasteiger partial charge in [-0.25, -0.2) is 0 Å². The van der Waals surface area contributed by atoms with Crippen molar-refractivity contribution in [3.63, 3.8) is 0 Å². The highest BCUT2D eigenvalue weighted by molar-refractivity contribution is 9.09. The number of ketones is 2. The second-order valence-electron chi connectivity index (χ2n) is 19.5. The van der Waals surface area contributed by atoms with Gasteiger partial charge in [-0.15, -0.1) is 0 Å². The number of aliphatic hydroxyl groups is 2. The number of hydrogen-bond donors (Lipinski definition) is 6. The lowest BCUT2D eigenvalue weighted by Crippen LogP contribution is -2.63. The molecule has 7 aliphatic carbocycles. The monoisotopic (exact) mass is 907 g/mol. The average Bonchev–Trinajstić information content (AvgIpc) is 3.74. The second kappa shape index (κ2) is 16.4. The summed E-state index contributed by atoms with van der Waals surface area (Å²) in [5, 5.41) is 39.9. The van der Waals surface area contributed by atoms with E-state index >= 15 is 0 Å². The van der Waals surface area contributed by atoms with Gasteiger partial charge in [0, 0.05) is 34.3 Å². The van der Waals surface area contributed by atoms with E-state index in [-0.39, 0.29) is 59.6 Å². The molecule has 0 radical (unpaired) electrons. The molecule has 6 N–H and O–H groups in total. The molecule has 1 aromatic carbocycles. The van der Waals surface area contributed by atoms with Crippen molar-refractivity contribution in [1.29, 1.82) is 0 Å². The fourth-order valence-electron chi connectivity index (χ4n) is 13.1. The number of carbonyl (C=O) groups is 6. The summed E-state index contributed by atoms with van der Waals surface area (Å²) < 4.78 is 13.5. The Hall–Kier alpha value is -3.76. The zero-order valence-corrected chi connectivity index (χ0v) is 36.5. The Kier molecular flexibility index (Phi) is 11.8. The van der Waals surface area contributed by atoms with Gasteiger partial charge in [0.15, 0.2) is 23.5 Å². The van der Waals surface area contributed by atoms with Gasteiger partial charge >= 0.3 is 5.97 Å². The Morgan fingerprint density at radius 1 is 1.00 bits per heavy atom. The second-order valence-corrected chi connectivity index (χ2v) is 20.1. The van der Waals surface area contributed by atoms with Gasteiger partial charge < -0.3 is 40.7 Å². The third kappa shape index (κ3) is 7.63. The highest BCUT2D eigenvalue weighted by Gasteiger charge is 2.76. The topological polar surface area (TPSA) is 218 Å². The quantitative estimate of drug-likeness (QED) is 0.147. The van der Waals surface area contributed by atoms with Crippen molar-refractivity contribution in [3.8, 4) is 0 Å². The van der Waals surface area contributed by atoms with Gasteiger partial charge in [-0.05, 0) is 112 Å². The molecule has 1 aromatic rings. The Bertz CT molecular complexity index is 2010. The predicted molar refractivity (Wildman–Crippen MR) is 224 cm³/mol. The molecular formula is C46H58BrN3O11. The van der Waals surface area contributed by atoms with Gasteiger partial charge in [0.1, 0.15) is 12.6 Å². The van der Waals surface area contributed by atoms with Crippen molar-refractivity contribution in [2.24, 2.45) is 34.0 Å². The van der Waals surface area contributed by atoms with E-state index in [0.29, 0.717) is 12.8 Å². The van der Waals surface area contributed by atoms with Crippen LogP contribution in [0.4, 0.5) is 0 Å². The number of carbonyl (C=O) groups excluding carboxylic acids is 5. The van der Waals surface area contributed by atoms with Crippen molar-refractivity contribution >= 4 is 51.2 Å². The Morgan fingerprint density at radius 2 is 1.70 bits per heavy atom. The highest BCUT2D eigenvalue weighted by atomic mass is 79.9. The van der Waals surface area contributed by atoms with Crippen molar-refractivity contribution < 1.29 is 53.6 Å². The predicted octanol–water partition coefficient (Wildman–Crippen LogP) is 3.90. The number of hydrogen-bond acceptors (Lipinski definition) is 10. The van der Waals surface area contributed by atoms with Crippen LogP contribution in [0.1, 0.15) is 108 Å². The number of aliphatic hydroxyl groups excluding tert-OH is 2. The number of benzene rings is 1. The lowest BCUT2D eigenvalue weighted by molar-refractivity contribution is -0.201. The standard InChI is InChI=1S/C46H58BrN3O11/c1-42-12-11-29(52)19-28(42)7-8-30-31-20-35-46(34(54)25-51,43(31,2)22-33(53)39(30)42)61-41(60-35)27-5-3-26(4-6-27)21-44-13-16-45(17-14-44,18-15-44)50-40(59)32(9-10-38(57)58)49-37(56)24-48-36(55)23-47/h3-6,11-12,19,30-33,35,39,41,51,53H,7-10,13-18,20-25H2,1-2H3,(H,48,55)(H,49,56)(H,50,59)(H,57,58)/t30-,31?,32?,33?,35?,39?,41+,42?,43?,44?,45?,46+/m0/s1. The minimum atomic E-state index is -1.42. The van der Waals surface area contributed by atoms with Crippen LogP contribution in [0.15, 0.2) is 48.1 Å². The number of nitrogens with one attached hydrogen (secondary N) is 3. The summed E-state index contributed by atoms with van der Waals surface area (Å²) in [7, 11) is 0. The van der Waals surface area contributed by atoms with Gasteiger partial charge in [-0.3, -0.25) is 28.8 Å². The summed E-state index contributed by atoms with van der Waals surface area (Å²) in [6, 6.07) is 7.08. The first-order valence-corrected chi connectivity index (χ1v) is 23.0. The Labute approximate surface area is 364 Å². The van der Waals surface area contributed by atoms with Crippen molar-refractivity contribution in [1.82, 2.24) is 16.0 Å². The first-order chi connectivity index (χ1) is 29.0. The summed E-state index contributed by atoms with van der Waals surface area (Å²) in [4.78, 5) is 75.2. The summed E-state index contributed by atoms with van der Waals surface area (Å²) >= 11 is 3.02. The number of aliphatic carboxylic acids is 1. The molecule has 1 heterocycles. The van der Waals surface area contributed by atoms with E-state index in [0.717, 1.165) is 74.5 Å². The van der Waals surface area contributed by atoms with Gasteiger partial charge in [-0.1, -0.05) is 65.7 Å². The number of halogens is 1. The molecule has 14 nitrogen and oxygen atoms in total. The minimum Gasteiger partial charge on any atom is -0.481 e. The van der Waals surface area contributed by atoms with Crippen LogP contribution in [0.3, 0.4) is 0 Å². The maximum Gasteiger partial charge on any atom is 0.303 e. The van der Waals surface area contributed by atoms with Gasteiger partial charge in [0.2, 0.25) is 17.7 Å². The van der Waals surface area contributed by atoms with Crippen LogP contribution in [-0.2, 0) is 44.7 Å². The maximum atomic E-state index is 14.0. The lowest BCUT2D eigenvalue weighted by atomic mass is 9.46. The van der Waals surface area contributed by atoms with Gasteiger partial charge in [0.25, 0.3) is 0 Å². The number of allylic oxidation sites excluding steroid dienone is 4. The van der Waals surface area contributed by atoms with E-state index in [1.807, 2.05) is 25.1 Å². The molecule has 330 valence electrons. The molecule has 7 unspecified atom stereocenters. The Morgan fingerprint density at radius 3 is 2.36 bits per heavy atom. The first kappa shape index (κ1) is 43.9. The van der Waals surface area contributed by atoms with Gasteiger partial charge in [-0.2, -0.15) is 0 Å². The summed E-state index contributed by atoms with van der Waals surface area (Å²) in [6.07, 6.45) is 11.0. The molecule has 1 saturated heterocycles. The first-order valence-electron chi connectivity index (χ1n) is 21.8. The van der Waals surface area contributed by atoms with E-state index in [1.165, 1.54) is 0 Å². The molecule has 2 bridgehead atoms. The molecule has 15 heteroatoms. The molecule has 6 saturated carbocycles. The molecule has 9 rings (SSSR count). The van der Waals surface area contributed by atoms with Crippen LogP contribution >= 0.6 is 15.9 Å². The number of carboxylic acids is 1. The highest BCUT2D eigenvalue weighted by Crippen LogP contribution is 2.70. The fraction of sp³-hybridized carbons (Fsp3) is 0.652. The van der Waals surface area contributed by atoms with E-state index in [9.17, 15) is 44.1 Å². The van der Waals surface area contributed by atoms with E-state index in [4.69, 9.17) is 9.47 Å². The van der Waals surface area contributed by atoms with Crippen LogP contribution in [0.5, 0.6) is 0 Å². The number of carboxylic acid groups (broad SMARTS) is 1. The largest absolute Gasteiger partial charge is 0.481 e. The number of Topliss-reactive ketones (excluding diaryl/α,β-unsaturated/α-hetero) is 1. The van der Waals surface area contributed by atoms with Crippen LogP contribution in [0, 0.1) is 34.0 Å². The summed E-state index contributed by atoms with van der Waals surface area (Å²) in [5.74, 6) is -2.93. The normalized spacial score (nSPS) is 38.6. The lowest BCUT2D eigenvalue weighted by Gasteiger charge is -2.59. The zero-order chi connectivity index (χ0) is 43.5. The van der Waals surface area contributed by atoms with E-state index < -0.39 is 76.7 Å². The summed E-state index contributed by atoms with van der Waals surface area (Å²) in [5.41, 5.74) is -0.0688. The SMILES string of the molecule is CC12C=CC(=O)C=C1CC[C@@H]1C2C(O)CC2(C)C1CC1O[C@@H](c3ccc(CC45CCC(NC(=O)C(CCC(=O)O)NC(=O)CNC(=O)CBr)(CC4)CC5)cc3)O[C@]12C(=O)CO. The Balaban J connectivity index is 0.908. The van der Waals surface area contributed by atoms with E-state index in [1.54, 1.807) is 12.2 Å². The van der Waals surface area contributed by atoms with Crippen LogP contribution in [0.25, 0.3) is 0 Å². The molecular weight excluding hydrogens is 850 g/mol. The van der Waals surface area contributed by atoms with Gasteiger partial charge in [0.05, 0.1) is 24.1 Å². The molecule has 0 spiro atoms. The molecule has 61 heavy (non-hydrogen) atoms. The number of alkyl halides is 1. The molecule has 7 fully saturated rings. The molecule has 1 aliphatic heterocycles. The average molecular weight is 909 g/mol. The van der Waals surface area contributed by atoms with E-state index in [2.05, 4.69) is 50.9 Å². The molecule has 3 amide bonds. The fourth-order valence-corrected chi connectivity index (χ4v) is 13.3. The smallest absolute Gasteiger partial charge is 0.303 e. The molecule has 8 aliphatic rings. The number of rotatable bonds is 14. The maximum absolute atomic E-state index is 14.0. The number of fused-ring (bicyclic) bond motifs is 10. The summed E-state index contributed by atoms with van der Waals surface area (Å²) in [6.45, 7) is 3.13. The number of ether oxygens (including phenoxy) is 2. The van der Waals surface area contributed by atoms with Crippen molar-refractivity contribution in [3.05, 3.63) is 59.2 Å². The molecule has 10 atom stereocenters. The third-order valence-corrected chi connectivity index (χ3v) is 16.8. The van der Waals surface area contributed by atoms with Crippen LogP contribution in [0.2, 0.25) is 0 Å². The van der Waals surface area contributed by atoms with Crippen molar-refractivity contribution in [2.75, 3.05) is 18.5 Å². The van der Waals surface area contributed by atoms with Crippen molar-refractivity contribution in [2.45, 2.75) is 133 Å². The zero-order valence-electron chi connectivity index (χ0n) is 34.9. The molecule has 0 aromatic heterocycles. The minimum absolute atomic E-state index is 0.00943. The third-order valence-electron chi connectivity index (χ3n) is 16.3. The van der Waals surface area contributed by atoms with Crippen LogP contribution < -0.4 is 16.0 Å². The van der Waals surface area contributed by atoms with Crippen LogP contribution in [-0.4, -0.2) is 98.4 Å².